The van der Waals surface area contributed by atoms with Gasteiger partial charge in [0.15, 0.2) is 0 Å². The number of esters is 1. The summed E-state index contributed by atoms with van der Waals surface area (Å²) in [5.74, 6) is -0.793. The molecule has 7 heteroatoms. The van der Waals surface area contributed by atoms with E-state index in [1.807, 2.05) is 13.8 Å². The predicted octanol–water partition coefficient (Wildman–Crippen LogP) is 6.04. The monoisotopic (exact) mass is 434 g/mol. The fourth-order valence-electron chi connectivity index (χ4n) is 4.56. The summed E-state index contributed by atoms with van der Waals surface area (Å²) in [5, 5.41) is 0. The molecule has 0 amide bonds. The second kappa shape index (κ2) is 8.19. The lowest BCUT2D eigenvalue weighted by Crippen LogP contribution is -2.45. The number of alkyl halides is 3. The van der Waals surface area contributed by atoms with E-state index in [4.69, 9.17) is 14.2 Å². The smallest absolute Gasteiger partial charge is 0.419 e. The van der Waals surface area contributed by atoms with Gasteiger partial charge in [-0.3, -0.25) is 0 Å². The molecular weight excluding hydrogens is 409 g/mol. The summed E-state index contributed by atoms with van der Waals surface area (Å²) in [5.41, 5.74) is -1.76. The van der Waals surface area contributed by atoms with Gasteiger partial charge in [-0.15, -0.1) is 0 Å². The van der Waals surface area contributed by atoms with Gasteiger partial charge in [0, 0.05) is 5.92 Å². The van der Waals surface area contributed by atoms with Crippen molar-refractivity contribution in [2.75, 3.05) is 0 Å². The van der Waals surface area contributed by atoms with Crippen LogP contribution in [-0.4, -0.2) is 23.8 Å². The summed E-state index contributed by atoms with van der Waals surface area (Å²) in [7, 11) is 0. The Morgan fingerprint density at radius 3 is 2.45 bits per heavy atom. The quantitative estimate of drug-likeness (QED) is 0.411. The molecule has 0 aromatic heterocycles. The lowest BCUT2D eigenvalue weighted by Gasteiger charge is -2.39. The summed E-state index contributed by atoms with van der Waals surface area (Å²) in [4.78, 5) is 12.5. The number of para-hydroxylation sites is 1. The minimum absolute atomic E-state index is 0.00254. The molecule has 31 heavy (non-hydrogen) atoms. The molecule has 2 heterocycles. The van der Waals surface area contributed by atoms with Crippen molar-refractivity contribution in [1.29, 1.82) is 0 Å². The van der Waals surface area contributed by atoms with E-state index in [9.17, 15) is 18.0 Å². The minimum Gasteiger partial charge on any atom is -0.487 e. The van der Waals surface area contributed by atoms with Crippen molar-refractivity contribution in [3.05, 3.63) is 59.7 Å². The molecule has 2 aliphatic rings. The number of hydrogen-bond acceptors (Lipinski definition) is 4. The molecule has 0 saturated carbocycles. The Morgan fingerprint density at radius 1 is 1.13 bits per heavy atom. The molecule has 2 saturated heterocycles. The fraction of sp³-hybridized carbons (Fsp3) is 0.458. The summed E-state index contributed by atoms with van der Waals surface area (Å²) in [6.45, 7) is 3.73. The molecule has 4 nitrogen and oxygen atoms in total. The zero-order valence-corrected chi connectivity index (χ0v) is 17.4. The molecule has 0 aliphatic carbocycles. The molecule has 4 unspecified atom stereocenters. The highest BCUT2D eigenvalue weighted by Gasteiger charge is 2.51. The highest BCUT2D eigenvalue weighted by molar-refractivity contribution is 5.91. The summed E-state index contributed by atoms with van der Waals surface area (Å²) in [6, 6.07) is 11.5. The van der Waals surface area contributed by atoms with Crippen LogP contribution in [0.4, 0.5) is 13.2 Å². The maximum absolute atomic E-state index is 13.7. The molecule has 4 atom stereocenters. The number of carbonyl (C=O) groups is 1. The van der Waals surface area contributed by atoms with Crippen LogP contribution in [0.3, 0.4) is 0 Å². The van der Waals surface area contributed by atoms with Gasteiger partial charge in [-0.25, -0.2) is 4.79 Å². The molecule has 2 aromatic rings. The van der Waals surface area contributed by atoms with Crippen molar-refractivity contribution in [1.82, 2.24) is 0 Å². The topological polar surface area (TPSA) is 44.8 Å². The molecule has 4 rings (SSSR count). The Hall–Kier alpha value is -2.54. The van der Waals surface area contributed by atoms with E-state index in [0.29, 0.717) is 12.2 Å². The Kier molecular flexibility index (Phi) is 5.73. The molecule has 2 bridgehead atoms. The number of fused-ring (bicyclic) bond motifs is 2. The van der Waals surface area contributed by atoms with Crippen LogP contribution in [-0.2, 0) is 10.9 Å². The van der Waals surface area contributed by atoms with E-state index in [1.54, 1.807) is 30.3 Å². The number of carbonyl (C=O) groups excluding carboxylic acids is 1. The van der Waals surface area contributed by atoms with Crippen LogP contribution < -0.4 is 9.47 Å². The fourth-order valence-corrected chi connectivity index (χ4v) is 4.56. The summed E-state index contributed by atoms with van der Waals surface area (Å²) in [6.07, 6.45) is -1.31. The van der Waals surface area contributed by atoms with Gasteiger partial charge >= 0.3 is 12.1 Å². The van der Waals surface area contributed by atoms with Crippen molar-refractivity contribution >= 4 is 5.97 Å². The third-order valence-corrected chi connectivity index (χ3v) is 6.41. The van der Waals surface area contributed by atoms with Crippen LogP contribution in [0.15, 0.2) is 48.5 Å². The second-order valence-electron chi connectivity index (χ2n) is 8.40. The molecular formula is C24H25F3O4. The SMILES string of the molecule is CCC(C)(Oc1cc(C(=O)Oc2ccccc2)ccc1C(F)(F)F)C1CC2CCC1O2. The van der Waals surface area contributed by atoms with Gasteiger partial charge in [0.05, 0.1) is 23.3 Å². The third-order valence-electron chi connectivity index (χ3n) is 6.41. The second-order valence-corrected chi connectivity index (χ2v) is 8.40. The summed E-state index contributed by atoms with van der Waals surface area (Å²) >= 11 is 0. The van der Waals surface area contributed by atoms with Crippen molar-refractivity contribution in [2.24, 2.45) is 5.92 Å². The first-order chi connectivity index (χ1) is 14.7. The summed E-state index contributed by atoms with van der Waals surface area (Å²) < 4.78 is 58.4. The van der Waals surface area contributed by atoms with Crippen molar-refractivity contribution in [2.45, 2.75) is 63.5 Å². The first kappa shape index (κ1) is 21.7. The minimum atomic E-state index is -4.61. The van der Waals surface area contributed by atoms with Crippen molar-refractivity contribution < 1.29 is 32.2 Å². The van der Waals surface area contributed by atoms with Crippen LogP contribution in [0.2, 0.25) is 0 Å². The molecule has 2 fully saturated rings. The predicted molar refractivity (Wildman–Crippen MR) is 108 cm³/mol. The Labute approximate surface area is 179 Å². The van der Waals surface area contributed by atoms with Crippen molar-refractivity contribution in [3.63, 3.8) is 0 Å². The zero-order valence-electron chi connectivity index (χ0n) is 17.4. The number of halogens is 3. The van der Waals surface area contributed by atoms with E-state index in [0.717, 1.165) is 37.5 Å². The van der Waals surface area contributed by atoms with E-state index in [-0.39, 0.29) is 29.4 Å². The van der Waals surface area contributed by atoms with Crippen LogP contribution in [0.5, 0.6) is 11.5 Å². The van der Waals surface area contributed by atoms with Gasteiger partial charge < -0.3 is 14.2 Å². The lowest BCUT2D eigenvalue weighted by atomic mass is 9.76. The maximum atomic E-state index is 13.7. The van der Waals surface area contributed by atoms with Crippen LogP contribution in [0.1, 0.15) is 55.5 Å². The number of ether oxygens (including phenoxy) is 3. The standard InChI is InChI=1S/C24H25F3O4/c1-3-23(2,19-14-17-10-12-20(19)29-17)31-21-13-15(9-11-18(21)24(25,26)27)22(28)30-16-7-5-4-6-8-16/h4-9,11,13,17,19-20H,3,10,12,14H2,1-2H3. The Balaban J connectivity index is 1.64. The van der Waals surface area contributed by atoms with E-state index in [1.165, 1.54) is 0 Å². The maximum Gasteiger partial charge on any atom is 0.419 e. The average molecular weight is 434 g/mol. The van der Waals surface area contributed by atoms with Gasteiger partial charge in [-0.05, 0) is 62.9 Å². The van der Waals surface area contributed by atoms with Gasteiger partial charge in [0.1, 0.15) is 17.1 Å². The van der Waals surface area contributed by atoms with Gasteiger partial charge in [0.25, 0.3) is 0 Å². The first-order valence-corrected chi connectivity index (χ1v) is 10.5. The zero-order chi connectivity index (χ0) is 22.2. The van der Waals surface area contributed by atoms with E-state index >= 15 is 0 Å². The Morgan fingerprint density at radius 2 is 1.87 bits per heavy atom. The van der Waals surface area contributed by atoms with Crippen LogP contribution >= 0.6 is 0 Å². The number of rotatable bonds is 6. The molecule has 0 spiro atoms. The highest BCUT2D eigenvalue weighted by Crippen LogP contribution is 2.48. The van der Waals surface area contributed by atoms with Crippen LogP contribution in [0, 0.1) is 5.92 Å². The molecule has 0 N–H and O–H groups in total. The van der Waals surface area contributed by atoms with E-state index < -0.39 is 23.3 Å². The molecule has 2 aliphatic heterocycles. The molecule has 166 valence electrons. The van der Waals surface area contributed by atoms with Crippen LogP contribution in [0.25, 0.3) is 0 Å². The highest BCUT2D eigenvalue weighted by atomic mass is 19.4. The number of benzene rings is 2. The van der Waals surface area contributed by atoms with Gasteiger partial charge in [0.2, 0.25) is 0 Å². The third kappa shape index (κ3) is 4.42. The molecule has 2 aromatic carbocycles. The largest absolute Gasteiger partial charge is 0.487 e. The lowest BCUT2D eigenvalue weighted by molar-refractivity contribution is -0.140. The molecule has 0 radical (unpaired) electrons. The first-order valence-electron chi connectivity index (χ1n) is 10.5. The average Bonchev–Trinajstić information content (AvgIpc) is 3.37. The van der Waals surface area contributed by atoms with Crippen molar-refractivity contribution in [3.8, 4) is 11.5 Å². The normalized spacial score (nSPS) is 24.6. The van der Waals surface area contributed by atoms with Gasteiger partial charge in [-0.1, -0.05) is 25.1 Å². The van der Waals surface area contributed by atoms with Gasteiger partial charge in [-0.2, -0.15) is 13.2 Å². The number of hydrogen-bond donors (Lipinski definition) is 0. The van der Waals surface area contributed by atoms with E-state index in [2.05, 4.69) is 0 Å². The Bertz CT molecular complexity index is 944.